The van der Waals surface area contributed by atoms with Crippen molar-refractivity contribution in [2.24, 2.45) is 11.8 Å². The van der Waals surface area contributed by atoms with Gasteiger partial charge in [0.2, 0.25) is 0 Å². The number of ether oxygens (including phenoxy) is 6. The van der Waals surface area contributed by atoms with E-state index in [2.05, 4.69) is 0 Å². The second-order valence-corrected chi connectivity index (χ2v) is 13.2. The first-order chi connectivity index (χ1) is 18.7. The fourth-order valence-corrected chi connectivity index (χ4v) is 4.95. The fraction of sp³-hybridized carbons (Fsp3) is 0.938. The van der Waals surface area contributed by atoms with E-state index in [-0.39, 0.29) is 38.2 Å². The Kier molecular flexibility index (Phi) is 20.0. The van der Waals surface area contributed by atoms with Gasteiger partial charge in [-0.1, -0.05) is 33.6 Å². The minimum Gasteiger partial charge on any atom is -0.458 e. The summed E-state index contributed by atoms with van der Waals surface area (Å²) >= 11 is 0. The van der Waals surface area contributed by atoms with E-state index in [9.17, 15) is 14.7 Å². The summed E-state index contributed by atoms with van der Waals surface area (Å²) in [6.45, 7) is 14.7. The summed E-state index contributed by atoms with van der Waals surface area (Å²) in [7, 11) is 1.63. The van der Waals surface area contributed by atoms with E-state index in [1.54, 1.807) is 7.11 Å². The average molecular weight is 591 g/mol. The maximum Gasteiger partial charge on any atom is 0.335 e. The Labute approximate surface area is 250 Å². The zero-order chi connectivity index (χ0) is 30.2. The van der Waals surface area contributed by atoms with E-state index in [1.807, 2.05) is 48.5 Å². The monoisotopic (exact) mass is 590 g/mol. The van der Waals surface area contributed by atoms with Crippen molar-refractivity contribution in [2.75, 3.05) is 33.7 Å². The Morgan fingerprint density at radius 2 is 1.49 bits per heavy atom. The molecule has 0 bridgehead atoms. The van der Waals surface area contributed by atoms with E-state index >= 15 is 0 Å². The molecule has 2 fully saturated rings. The van der Waals surface area contributed by atoms with Gasteiger partial charge in [-0.05, 0) is 98.3 Å². The average Bonchev–Trinajstić information content (AvgIpc) is 2.84. The van der Waals surface area contributed by atoms with Crippen molar-refractivity contribution in [3.63, 3.8) is 0 Å². The highest BCUT2D eigenvalue weighted by atomic mass is 16.7. The number of aliphatic hydroxyl groups is 1. The summed E-state index contributed by atoms with van der Waals surface area (Å²) in [5, 5.41) is 9.66. The number of methoxy groups -OCH3 is 1. The lowest BCUT2D eigenvalue weighted by Crippen LogP contribution is -2.35. The maximum absolute atomic E-state index is 12.1. The largest absolute Gasteiger partial charge is 0.458 e. The molecule has 41 heavy (non-hydrogen) atoms. The quantitative estimate of drug-likeness (QED) is 0.197. The van der Waals surface area contributed by atoms with E-state index < -0.39 is 17.3 Å². The molecule has 244 valence electrons. The van der Waals surface area contributed by atoms with Crippen molar-refractivity contribution in [3.05, 3.63) is 0 Å². The SMILES string of the molecule is C.CCCC(OCC1CCCC(O)C1)C(=O)OC(C)(C)C.COCOC1CCCC(COCC(=O)OC(C)(C)C)C1. The molecule has 5 atom stereocenters. The number of hydrogen-bond donors (Lipinski definition) is 1. The van der Waals surface area contributed by atoms with Gasteiger partial charge in [-0.3, -0.25) is 0 Å². The zero-order valence-electron chi connectivity index (χ0n) is 26.5. The fourth-order valence-electron chi connectivity index (χ4n) is 4.95. The van der Waals surface area contributed by atoms with Crippen LogP contribution in [0.5, 0.6) is 0 Å². The highest BCUT2D eigenvalue weighted by Crippen LogP contribution is 2.27. The Morgan fingerprint density at radius 1 is 0.878 bits per heavy atom. The van der Waals surface area contributed by atoms with Crippen molar-refractivity contribution in [2.45, 2.75) is 150 Å². The molecule has 0 aromatic heterocycles. The summed E-state index contributed by atoms with van der Waals surface area (Å²) in [5.41, 5.74) is -0.933. The number of aliphatic hydroxyl groups excluding tert-OH is 1. The number of esters is 2. The molecule has 0 aromatic carbocycles. The topological polar surface area (TPSA) is 110 Å². The molecular weight excluding hydrogens is 528 g/mol. The van der Waals surface area contributed by atoms with E-state index in [4.69, 9.17) is 28.4 Å². The molecule has 5 unspecified atom stereocenters. The molecule has 9 heteroatoms. The van der Waals surface area contributed by atoms with Crippen LogP contribution in [-0.4, -0.2) is 80.3 Å². The van der Waals surface area contributed by atoms with Gasteiger partial charge in [0.1, 0.15) is 24.6 Å². The van der Waals surface area contributed by atoms with E-state index in [1.165, 1.54) is 0 Å². The highest BCUT2D eigenvalue weighted by molar-refractivity contribution is 5.75. The third-order valence-electron chi connectivity index (χ3n) is 6.66. The van der Waals surface area contributed by atoms with Crippen LogP contribution >= 0.6 is 0 Å². The highest BCUT2D eigenvalue weighted by Gasteiger charge is 2.28. The van der Waals surface area contributed by atoms with Crippen molar-refractivity contribution in [1.29, 1.82) is 0 Å². The molecule has 2 saturated carbocycles. The molecule has 0 heterocycles. The normalized spacial score (nSPS) is 23.8. The third-order valence-corrected chi connectivity index (χ3v) is 6.66. The first-order valence-corrected chi connectivity index (χ1v) is 15.1. The van der Waals surface area contributed by atoms with Crippen LogP contribution < -0.4 is 0 Å². The van der Waals surface area contributed by atoms with Crippen LogP contribution in [0.1, 0.15) is 120 Å². The lowest BCUT2D eigenvalue weighted by molar-refractivity contribution is -0.170. The first-order valence-electron chi connectivity index (χ1n) is 15.1. The summed E-state index contributed by atoms with van der Waals surface area (Å²) in [4.78, 5) is 23.6. The maximum atomic E-state index is 12.1. The summed E-state index contributed by atoms with van der Waals surface area (Å²) in [6, 6.07) is 0. The van der Waals surface area contributed by atoms with Crippen molar-refractivity contribution < 1.29 is 43.1 Å². The smallest absolute Gasteiger partial charge is 0.335 e. The first kappa shape index (κ1) is 39.7. The van der Waals surface area contributed by atoms with Gasteiger partial charge in [-0.2, -0.15) is 0 Å². The van der Waals surface area contributed by atoms with Gasteiger partial charge in [-0.15, -0.1) is 0 Å². The molecule has 0 spiro atoms. The molecule has 9 nitrogen and oxygen atoms in total. The lowest BCUT2D eigenvalue weighted by Gasteiger charge is -2.28. The lowest BCUT2D eigenvalue weighted by atomic mass is 9.88. The van der Waals surface area contributed by atoms with Crippen LogP contribution in [0.15, 0.2) is 0 Å². The predicted molar refractivity (Wildman–Crippen MR) is 161 cm³/mol. The van der Waals surface area contributed by atoms with Gasteiger partial charge in [0.05, 0.1) is 25.4 Å². The minimum absolute atomic E-state index is 0. The van der Waals surface area contributed by atoms with Crippen LogP contribution in [0.4, 0.5) is 0 Å². The molecule has 0 amide bonds. The van der Waals surface area contributed by atoms with Crippen LogP contribution in [0, 0.1) is 11.8 Å². The van der Waals surface area contributed by atoms with E-state index in [0.717, 1.165) is 57.8 Å². The zero-order valence-corrected chi connectivity index (χ0v) is 26.5. The van der Waals surface area contributed by atoms with Crippen LogP contribution in [-0.2, 0) is 38.0 Å². The summed E-state index contributed by atoms with van der Waals surface area (Å²) < 4.78 is 32.4. The minimum atomic E-state index is -0.479. The Hall–Kier alpha value is -1.26. The molecular formula is C32H62O9. The third kappa shape index (κ3) is 20.3. The van der Waals surface area contributed by atoms with Gasteiger partial charge in [0.25, 0.3) is 0 Å². The van der Waals surface area contributed by atoms with Crippen molar-refractivity contribution in [3.8, 4) is 0 Å². The molecule has 0 aliphatic heterocycles. The van der Waals surface area contributed by atoms with Gasteiger partial charge in [-0.25, -0.2) is 9.59 Å². The van der Waals surface area contributed by atoms with Crippen molar-refractivity contribution in [1.82, 2.24) is 0 Å². The van der Waals surface area contributed by atoms with Gasteiger partial charge in [0, 0.05) is 7.11 Å². The van der Waals surface area contributed by atoms with Gasteiger partial charge in [0.15, 0.2) is 6.10 Å². The number of rotatable bonds is 13. The molecule has 0 aromatic rings. The Balaban J connectivity index is 0.000000762. The molecule has 2 aliphatic rings. The number of hydrogen-bond acceptors (Lipinski definition) is 9. The molecule has 0 radical (unpaired) electrons. The predicted octanol–water partition coefficient (Wildman–Crippen LogP) is 6.22. The number of carbonyl (C=O) groups excluding carboxylic acids is 2. The summed E-state index contributed by atoms with van der Waals surface area (Å²) in [6.07, 6.45) is 9.24. The van der Waals surface area contributed by atoms with Crippen LogP contribution in [0.3, 0.4) is 0 Å². The second kappa shape index (κ2) is 20.6. The molecule has 2 rings (SSSR count). The van der Waals surface area contributed by atoms with Gasteiger partial charge < -0.3 is 33.5 Å². The van der Waals surface area contributed by atoms with Crippen molar-refractivity contribution >= 4 is 11.9 Å². The van der Waals surface area contributed by atoms with Crippen LogP contribution in [0.25, 0.3) is 0 Å². The second-order valence-electron chi connectivity index (χ2n) is 13.2. The Bertz CT molecular complexity index is 698. The number of carbonyl (C=O) groups is 2. The molecule has 2 aliphatic carbocycles. The standard InChI is InChI=1S/C16H30O4.C15H28O5.CH4/c1-5-7-14(15(18)20-16(2,3)4)19-11-12-8-6-9-13(17)10-12;1-15(2,3)20-14(16)10-18-9-12-6-5-7-13(8-12)19-11-17-4;/h12-14,17H,5-11H2,1-4H3;12-13H,5-11H2,1-4H3;1H4. The summed E-state index contributed by atoms with van der Waals surface area (Å²) in [5.74, 6) is 0.241. The molecule has 0 saturated heterocycles. The van der Waals surface area contributed by atoms with Gasteiger partial charge >= 0.3 is 11.9 Å². The Morgan fingerprint density at radius 3 is 2.05 bits per heavy atom. The van der Waals surface area contributed by atoms with E-state index in [0.29, 0.717) is 38.3 Å². The van der Waals surface area contributed by atoms with Crippen LogP contribution in [0.2, 0.25) is 0 Å². The molecule has 1 N–H and O–H groups in total.